The molecular weight excluding hydrogens is 458 g/mol. The van der Waals surface area contributed by atoms with Crippen LogP contribution in [0, 0.1) is 0 Å². The number of carboxylic acid groups (broad SMARTS) is 1. The lowest BCUT2D eigenvalue weighted by atomic mass is 9.88. The van der Waals surface area contributed by atoms with Crippen LogP contribution in [-0.4, -0.2) is 150 Å². The van der Waals surface area contributed by atoms with Crippen molar-refractivity contribution in [1.82, 2.24) is 5.32 Å². The van der Waals surface area contributed by atoms with Crippen LogP contribution in [0.1, 0.15) is 6.42 Å². The summed E-state index contributed by atoms with van der Waals surface area (Å²) < 4.78 is 15.5. The molecule has 16 heteroatoms. The summed E-state index contributed by atoms with van der Waals surface area (Å²) in [4.78, 5) is 23.6. The molecule has 0 radical (unpaired) electrons. The van der Waals surface area contributed by atoms with Crippen LogP contribution in [0.2, 0.25) is 0 Å². The lowest BCUT2D eigenvalue weighted by Gasteiger charge is -2.47. The SMILES string of the molecule is O=C(CO)NC1C(O)CC(OCC2OC(O)C(O)C(O)C2O)(C(=O)O)OC1[C@@H](O)[C@@H](O)CO. The molecule has 0 aromatic carbocycles. The van der Waals surface area contributed by atoms with Crippen molar-refractivity contribution in [3.05, 3.63) is 0 Å². The average molecular weight is 487 g/mol. The molecule has 33 heavy (non-hydrogen) atoms. The molecule has 2 rings (SSSR count). The first-order chi connectivity index (χ1) is 15.4. The molecule has 1 amide bonds. The number of ether oxygens (including phenoxy) is 3. The van der Waals surface area contributed by atoms with Gasteiger partial charge in [0.15, 0.2) is 6.29 Å². The maximum absolute atomic E-state index is 12.0. The number of carboxylic acids is 1. The van der Waals surface area contributed by atoms with Crippen LogP contribution < -0.4 is 5.32 Å². The molecule has 0 aromatic heterocycles. The molecule has 0 aromatic rings. The van der Waals surface area contributed by atoms with Gasteiger partial charge in [0.05, 0.1) is 25.4 Å². The van der Waals surface area contributed by atoms with Gasteiger partial charge in [0, 0.05) is 6.42 Å². The number of carbonyl (C=O) groups excluding carboxylic acids is 1. The molecule has 192 valence electrons. The van der Waals surface area contributed by atoms with Crippen LogP contribution >= 0.6 is 0 Å². The Bertz CT molecular complexity index is 681. The summed E-state index contributed by atoms with van der Waals surface area (Å²) in [5.41, 5.74) is 0. The summed E-state index contributed by atoms with van der Waals surface area (Å²) in [6.07, 6.45) is -17.5. The molecule has 2 heterocycles. The fraction of sp³-hybridized carbons (Fsp3) is 0.882. The van der Waals surface area contributed by atoms with Crippen molar-refractivity contribution in [1.29, 1.82) is 0 Å². The van der Waals surface area contributed by atoms with Gasteiger partial charge in [0.1, 0.15) is 49.3 Å². The van der Waals surface area contributed by atoms with Gasteiger partial charge >= 0.3 is 5.97 Å². The summed E-state index contributed by atoms with van der Waals surface area (Å²) >= 11 is 0. The quantitative estimate of drug-likeness (QED) is 0.144. The average Bonchev–Trinajstić information content (AvgIpc) is 2.79. The van der Waals surface area contributed by atoms with Crippen LogP contribution in [0.15, 0.2) is 0 Å². The van der Waals surface area contributed by atoms with E-state index in [0.717, 1.165) is 0 Å². The fourth-order valence-electron chi connectivity index (χ4n) is 3.56. The third-order valence-corrected chi connectivity index (χ3v) is 5.46. The molecule has 16 nitrogen and oxygen atoms in total. The van der Waals surface area contributed by atoms with Gasteiger partial charge in [0.25, 0.3) is 5.79 Å². The highest BCUT2D eigenvalue weighted by molar-refractivity contribution is 5.78. The molecule has 11 atom stereocenters. The zero-order valence-electron chi connectivity index (χ0n) is 17.1. The minimum absolute atomic E-state index is 0.861. The van der Waals surface area contributed by atoms with Gasteiger partial charge in [0.2, 0.25) is 5.91 Å². The Labute approximate surface area is 186 Å². The van der Waals surface area contributed by atoms with E-state index in [9.17, 15) is 50.4 Å². The van der Waals surface area contributed by atoms with Crippen molar-refractivity contribution in [3.63, 3.8) is 0 Å². The highest BCUT2D eigenvalue weighted by Crippen LogP contribution is 2.34. The Morgan fingerprint density at radius 2 is 1.70 bits per heavy atom. The monoisotopic (exact) mass is 487 g/mol. The van der Waals surface area contributed by atoms with Crippen molar-refractivity contribution in [2.24, 2.45) is 0 Å². The molecule has 2 aliphatic heterocycles. The van der Waals surface area contributed by atoms with Gasteiger partial charge in [-0.3, -0.25) is 4.79 Å². The smallest absolute Gasteiger partial charge is 0.364 e. The first-order valence-electron chi connectivity index (χ1n) is 9.86. The van der Waals surface area contributed by atoms with Gasteiger partial charge in [-0.05, 0) is 0 Å². The molecule has 0 spiro atoms. The van der Waals surface area contributed by atoms with Gasteiger partial charge in [-0.25, -0.2) is 4.79 Å². The number of nitrogens with one attached hydrogen (secondary N) is 1. The predicted octanol–water partition coefficient (Wildman–Crippen LogP) is -7.08. The molecule has 2 aliphatic rings. The topological polar surface area (TPSA) is 276 Å². The summed E-state index contributed by atoms with van der Waals surface area (Å²) in [6.45, 7) is -2.89. The van der Waals surface area contributed by atoms with Crippen LogP contribution in [0.25, 0.3) is 0 Å². The van der Waals surface area contributed by atoms with E-state index in [1.165, 1.54) is 0 Å². The van der Waals surface area contributed by atoms with Gasteiger partial charge in [-0.1, -0.05) is 0 Å². The number of hydrogen-bond acceptors (Lipinski definition) is 14. The van der Waals surface area contributed by atoms with Gasteiger partial charge in [-0.2, -0.15) is 0 Å². The summed E-state index contributed by atoms with van der Waals surface area (Å²) in [5, 5.41) is 99.4. The summed E-state index contributed by atoms with van der Waals surface area (Å²) in [6, 6.07) is -1.55. The van der Waals surface area contributed by atoms with Crippen molar-refractivity contribution < 1.29 is 74.9 Å². The van der Waals surface area contributed by atoms with E-state index in [1.54, 1.807) is 0 Å². The maximum atomic E-state index is 12.0. The van der Waals surface area contributed by atoms with Gasteiger partial charge in [-0.15, -0.1) is 0 Å². The number of rotatable bonds is 9. The first-order valence-corrected chi connectivity index (χ1v) is 9.86. The Balaban J connectivity index is 2.28. The van der Waals surface area contributed by atoms with Crippen LogP contribution in [-0.2, 0) is 23.8 Å². The number of aliphatic hydroxyl groups excluding tert-OH is 9. The molecule has 0 saturated carbocycles. The van der Waals surface area contributed by atoms with Crippen LogP contribution in [0.5, 0.6) is 0 Å². The zero-order valence-corrected chi connectivity index (χ0v) is 17.1. The standard InChI is InChI=1S/C17H29NO15/c19-2-6(22)10(24)14-9(18-8(23)3-20)5(21)1-17(33-14,16(29)30)31-4-7-11(25)12(26)13(27)15(28)32-7/h5-7,9-15,19-22,24-28H,1-4H2,(H,18,23)(H,29,30)/t5?,6-,7?,9?,10-,11?,12?,13?,14?,15?,17?/m0/s1. The number of aliphatic hydroxyl groups is 9. The third-order valence-electron chi connectivity index (χ3n) is 5.46. The Hall–Kier alpha value is -1.54. The summed E-state index contributed by atoms with van der Waals surface area (Å²) in [7, 11) is 0. The molecule has 9 unspecified atom stereocenters. The Morgan fingerprint density at radius 3 is 2.24 bits per heavy atom. The highest BCUT2D eigenvalue weighted by atomic mass is 16.7. The number of amides is 1. The first kappa shape index (κ1) is 27.7. The maximum Gasteiger partial charge on any atom is 0.364 e. The lowest BCUT2D eigenvalue weighted by molar-refractivity contribution is -0.334. The Kier molecular flexibility index (Phi) is 9.45. The molecular formula is C17H29NO15. The van der Waals surface area contributed by atoms with Crippen molar-refractivity contribution in [2.75, 3.05) is 19.8 Å². The minimum Gasteiger partial charge on any atom is -0.477 e. The largest absolute Gasteiger partial charge is 0.477 e. The van der Waals surface area contributed by atoms with Crippen molar-refractivity contribution in [3.8, 4) is 0 Å². The van der Waals surface area contributed by atoms with Crippen LogP contribution in [0.4, 0.5) is 0 Å². The molecule has 2 saturated heterocycles. The molecule has 0 aliphatic carbocycles. The predicted molar refractivity (Wildman–Crippen MR) is 98.8 cm³/mol. The van der Waals surface area contributed by atoms with E-state index in [2.05, 4.69) is 5.32 Å². The van der Waals surface area contributed by atoms with E-state index < -0.39 is 105 Å². The second-order valence-corrected chi connectivity index (χ2v) is 7.75. The zero-order chi connectivity index (χ0) is 25.1. The second-order valence-electron chi connectivity index (χ2n) is 7.75. The van der Waals surface area contributed by atoms with Crippen molar-refractivity contribution in [2.45, 2.75) is 73.4 Å². The van der Waals surface area contributed by atoms with Gasteiger partial charge < -0.3 is 70.6 Å². The van der Waals surface area contributed by atoms with E-state index in [-0.39, 0.29) is 0 Å². The van der Waals surface area contributed by atoms with Crippen LogP contribution in [0.3, 0.4) is 0 Å². The van der Waals surface area contributed by atoms with E-state index in [0.29, 0.717) is 0 Å². The highest BCUT2D eigenvalue weighted by Gasteiger charge is 2.56. The number of hydrogen-bond donors (Lipinski definition) is 11. The van der Waals surface area contributed by atoms with E-state index in [1.807, 2.05) is 0 Å². The molecule has 11 N–H and O–H groups in total. The second kappa shape index (κ2) is 11.3. The van der Waals surface area contributed by atoms with Crippen molar-refractivity contribution >= 4 is 11.9 Å². The fourth-order valence-corrected chi connectivity index (χ4v) is 3.56. The van der Waals surface area contributed by atoms with E-state index >= 15 is 0 Å². The number of carbonyl (C=O) groups is 2. The minimum atomic E-state index is -2.75. The normalized spacial score (nSPS) is 41.2. The number of aliphatic carboxylic acids is 1. The molecule has 0 bridgehead atoms. The Morgan fingerprint density at radius 1 is 1.06 bits per heavy atom. The lowest BCUT2D eigenvalue weighted by Crippen LogP contribution is -2.68. The molecule has 2 fully saturated rings. The third kappa shape index (κ3) is 5.94. The van der Waals surface area contributed by atoms with E-state index in [4.69, 9.17) is 24.4 Å². The summed E-state index contributed by atoms with van der Waals surface area (Å²) in [5.74, 6) is -5.62.